The minimum absolute atomic E-state index is 0.232. The van der Waals surface area contributed by atoms with Crippen LogP contribution in [0.4, 0.5) is 4.39 Å². The molecule has 0 saturated carbocycles. The minimum atomic E-state index is -0.454. The molecule has 0 radical (unpaired) electrons. The van der Waals surface area contributed by atoms with E-state index in [0.717, 1.165) is 6.07 Å². The molecule has 1 rings (SSSR count). The molecule has 2 nitrogen and oxygen atoms in total. The van der Waals surface area contributed by atoms with Gasteiger partial charge in [-0.3, -0.25) is 4.79 Å². The zero-order valence-corrected chi connectivity index (χ0v) is 9.80. The van der Waals surface area contributed by atoms with Gasteiger partial charge in [-0.1, -0.05) is 22.5 Å². The van der Waals surface area contributed by atoms with E-state index in [9.17, 15) is 9.18 Å². The summed E-state index contributed by atoms with van der Waals surface area (Å²) in [6.45, 7) is 5.20. The molecule has 0 aliphatic rings. The highest BCUT2D eigenvalue weighted by molar-refractivity contribution is 9.11. The van der Waals surface area contributed by atoms with Crippen molar-refractivity contribution in [3.8, 4) is 5.75 Å². The first kappa shape index (κ1) is 11.9. The minimum Gasteiger partial charge on any atom is -0.488 e. The number of rotatable bonds is 4. The van der Waals surface area contributed by atoms with E-state index in [1.807, 2.05) is 0 Å². The summed E-state index contributed by atoms with van der Waals surface area (Å²) < 4.78 is 18.8. The van der Waals surface area contributed by atoms with E-state index in [2.05, 4.69) is 22.5 Å². The quantitative estimate of drug-likeness (QED) is 0.786. The van der Waals surface area contributed by atoms with Gasteiger partial charge in [0.1, 0.15) is 18.2 Å². The summed E-state index contributed by atoms with van der Waals surface area (Å²) in [6.07, 6.45) is 0. The second-order valence-corrected chi connectivity index (χ2v) is 4.12. The zero-order chi connectivity index (χ0) is 11.4. The molecular formula is C11H10BrFO2. The van der Waals surface area contributed by atoms with Gasteiger partial charge in [0, 0.05) is 4.48 Å². The third-order valence-electron chi connectivity index (χ3n) is 1.71. The maximum atomic E-state index is 12.9. The first-order valence-electron chi connectivity index (χ1n) is 4.27. The highest BCUT2D eigenvalue weighted by Gasteiger charge is 2.09. The average molecular weight is 273 g/mol. The predicted molar refractivity (Wildman–Crippen MR) is 60.0 cm³/mol. The maximum Gasteiger partial charge on any atom is 0.163 e. The van der Waals surface area contributed by atoms with E-state index in [1.54, 1.807) is 0 Å². The Morgan fingerprint density at radius 1 is 1.60 bits per heavy atom. The summed E-state index contributed by atoms with van der Waals surface area (Å²) in [5.74, 6) is -0.320. The van der Waals surface area contributed by atoms with Crippen LogP contribution in [0.15, 0.2) is 29.3 Å². The fraction of sp³-hybridized carbons (Fsp3) is 0.182. The normalized spacial score (nSPS) is 9.80. The van der Waals surface area contributed by atoms with E-state index < -0.39 is 5.82 Å². The largest absolute Gasteiger partial charge is 0.488 e. The third-order valence-corrected chi connectivity index (χ3v) is 1.93. The number of hydrogen-bond acceptors (Lipinski definition) is 2. The number of carbonyl (C=O) groups is 1. The highest BCUT2D eigenvalue weighted by atomic mass is 79.9. The number of ketones is 1. The van der Waals surface area contributed by atoms with Crippen LogP contribution in [-0.4, -0.2) is 12.4 Å². The van der Waals surface area contributed by atoms with Crippen LogP contribution in [0.25, 0.3) is 0 Å². The van der Waals surface area contributed by atoms with Gasteiger partial charge in [-0.05, 0) is 25.1 Å². The summed E-state index contributed by atoms with van der Waals surface area (Å²) in [5.41, 5.74) is 0.240. The molecule has 15 heavy (non-hydrogen) atoms. The molecule has 1 aromatic rings. The van der Waals surface area contributed by atoms with Gasteiger partial charge in [0.25, 0.3) is 0 Å². The molecular weight excluding hydrogens is 263 g/mol. The SMILES string of the molecule is C=C(Br)COc1ccc(F)cc1C(C)=O. The molecule has 1 aromatic carbocycles. The second-order valence-electron chi connectivity index (χ2n) is 3.00. The van der Waals surface area contributed by atoms with E-state index in [4.69, 9.17) is 4.74 Å². The lowest BCUT2D eigenvalue weighted by Gasteiger charge is -2.08. The topological polar surface area (TPSA) is 26.3 Å². The number of ether oxygens (including phenoxy) is 1. The van der Waals surface area contributed by atoms with E-state index in [1.165, 1.54) is 19.1 Å². The molecule has 80 valence electrons. The van der Waals surface area contributed by atoms with Crippen molar-refractivity contribution in [3.63, 3.8) is 0 Å². The van der Waals surface area contributed by atoms with Gasteiger partial charge in [-0.2, -0.15) is 0 Å². The van der Waals surface area contributed by atoms with Crippen molar-refractivity contribution in [2.75, 3.05) is 6.61 Å². The van der Waals surface area contributed by atoms with Crippen molar-refractivity contribution in [2.24, 2.45) is 0 Å². The van der Waals surface area contributed by atoms with Crippen molar-refractivity contribution >= 4 is 21.7 Å². The van der Waals surface area contributed by atoms with Crippen LogP contribution in [-0.2, 0) is 0 Å². The van der Waals surface area contributed by atoms with Crippen LogP contribution >= 0.6 is 15.9 Å². The number of benzene rings is 1. The molecule has 0 aliphatic carbocycles. The van der Waals surface area contributed by atoms with Crippen molar-refractivity contribution < 1.29 is 13.9 Å². The average Bonchev–Trinajstić information content (AvgIpc) is 2.15. The standard InChI is InChI=1S/C11H10BrFO2/c1-7(12)6-15-11-4-3-9(13)5-10(11)8(2)14/h3-5H,1,6H2,2H3. The Labute approximate surface area is 95.9 Å². The molecule has 0 amide bonds. The smallest absolute Gasteiger partial charge is 0.163 e. The molecule has 0 fully saturated rings. The predicted octanol–water partition coefficient (Wildman–Crippen LogP) is 3.32. The number of carbonyl (C=O) groups excluding carboxylic acids is 1. The van der Waals surface area contributed by atoms with Gasteiger partial charge >= 0.3 is 0 Å². The Morgan fingerprint density at radius 2 is 2.27 bits per heavy atom. The van der Waals surface area contributed by atoms with Gasteiger partial charge in [0.05, 0.1) is 5.56 Å². The number of halogens is 2. The van der Waals surface area contributed by atoms with Gasteiger partial charge in [-0.15, -0.1) is 0 Å². The zero-order valence-electron chi connectivity index (χ0n) is 8.22. The fourth-order valence-electron chi connectivity index (χ4n) is 1.06. The van der Waals surface area contributed by atoms with Crippen LogP contribution < -0.4 is 4.74 Å². The van der Waals surface area contributed by atoms with Crippen LogP contribution in [0.3, 0.4) is 0 Å². The molecule has 0 spiro atoms. The first-order valence-corrected chi connectivity index (χ1v) is 5.06. The van der Waals surface area contributed by atoms with Crippen LogP contribution in [0.1, 0.15) is 17.3 Å². The lowest BCUT2D eigenvalue weighted by Crippen LogP contribution is -2.03. The Morgan fingerprint density at radius 3 is 2.80 bits per heavy atom. The molecule has 4 heteroatoms. The van der Waals surface area contributed by atoms with Crippen molar-refractivity contribution in [3.05, 3.63) is 40.6 Å². The molecule has 0 bridgehead atoms. The molecule has 0 aliphatic heterocycles. The summed E-state index contributed by atoms with van der Waals surface area (Å²) in [7, 11) is 0. The molecule has 0 unspecified atom stereocenters. The maximum absolute atomic E-state index is 12.9. The van der Waals surface area contributed by atoms with Crippen LogP contribution in [0.2, 0.25) is 0 Å². The van der Waals surface area contributed by atoms with Crippen LogP contribution in [0, 0.1) is 5.82 Å². The van der Waals surface area contributed by atoms with E-state index in [-0.39, 0.29) is 18.0 Å². The fourth-order valence-corrected chi connectivity index (χ4v) is 1.17. The monoisotopic (exact) mass is 272 g/mol. The first-order chi connectivity index (χ1) is 7.00. The molecule has 0 aromatic heterocycles. The lowest BCUT2D eigenvalue weighted by atomic mass is 10.1. The molecule has 0 atom stereocenters. The van der Waals surface area contributed by atoms with Gasteiger partial charge in [0.15, 0.2) is 5.78 Å². The van der Waals surface area contributed by atoms with Gasteiger partial charge in [0.2, 0.25) is 0 Å². The highest BCUT2D eigenvalue weighted by Crippen LogP contribution is 2.21. The Bertz CT molecular complexity index is 402. The summed E-state index contributed by atoms with van der Waals surface area (Å²) in [5, 5.41) is 0. The Hall–Kier alpha value is -1.16. The molecule has 0 saturated heterocycles. The van der Waals surface area contributed by atoms with Crippen molar-refractivity contribution in [1.82, 2.24) is 0 Å². The molecule has 0 heterocycles. The van der Waals surface area contributed by atoms with Gasteiger partial charge in [-0.25, -0.2) is 4.39 Å². The van der Waals surface area contributed by atoms with Crippen LogP contribution in [0.5, 0.6) is 5.75 Å². The summed E-state index contributed by atoms with van der Waals surface area (Å²) in [6, 6.07) is 3.84. The summed E-state index contributed by atoms with van der Waals surface area (Å²) in [4.78, 5) is 11.2. The van der Waals surface area contributed by atoms with E-state index in [0.29, 0.717) is 10.2 Å². The number of hydrogen-bond donors (Lipinski definition) is 0. The Balaban J connectivity index is 2.95. The van der Waals surface area contributed by atoms with Gasteiger partial charge < -0.3 is 4.74 Å². The van der Waals surface area contributed by atoms with E-state index >= 15 is 0 Å². The van der Waals surface area contributed by atoms with Crippen molar-refractivity contribution in [1.29, 1.82) is 0 Å². The van der Waals surface area contributed by atoms with Crippen molar-refractivity contribution in [2.45, 2.75) is 6.92 Å². The lowest BCUT2D eigenvalue weighted by molar-refractivity contribution is 0.101. The molecule has 0 N–H and O–H groups in total. The third kappa shape index (κ3) is 3.47. The Kier molecular flexibility index (Phi) is 4.03. The number of Topliss-reactive ketones (excluding diaryl/α,β-unsaturated/α-hetero) is 1. The second kappa shape index (κ2) is 5.07. The summed E-state index contributed by atoms with van der Waals surface area (Å²) >= 11 is 3.13.